The summed E-state index contributed by atoms with van der Waals surface area (Å²) in [6, 6.07) is 7.02. The standard InChI is InChI=1S/C17H11BrN2O5/c1-8(21)19(2)11-7-6-10(18)14-15(11)16(22)9-4-3-5-12(20(24)25)13(9)17(14)23/h3-7H,1-2H3. The molecule has 0 aliphatic heterocycles. The summed E-state index contributed by atoms with van der Waals surface area (Å²) in [7, 11) is 1.49. The van der Waals surface area contributed by atoms with Gasteiger partial charge in [-0.2, -0.15) is 0 Å². The molecule has 0 radical (unpaired) electrons. The van der Waals surface area contributed by atoms with Crippen LogP contribution in [0.5, 0.6) is 0 Å². The molecule has 0 saturated heterocycles. The van der Waals surface area contributed by atoms with Gasteiger partial charge < -0.3 is 4.90 Å². The van der Waals surface area contributed by atoms with E-state index in [0.717, 1.165) is 0 Å². The molecule has 1 aliphatic carbocycles. The third kappa shape index (κ3) is 2.45. The average Bonchev–Trinajstić information content (AvgIpc) is 2.57. The van der Waals surface area contributed by atoms with E-state index < -0.39 is 22.2 Å². The van der Waals surface area contributed by atoms with Crippen molar-refractivity contribution < 1.29 is 19.3 Å². The zero-order valence-corrected chi connectivity index (χ0v) is 14.8. The molecule has 1 aliphatic rings. The van der Waals surface area contributed by atoms with Gasteiger partial charge in [0.2, 0.25) is 11.7 Å². The smallest absolute Gasteiger partial charge is 0.281 e. The van der Waals surface area contributed by atoms with Gasteiger partial charge in [-0.3, -0.25) is 24.5 Å². The minimum absolute atomic E-state index is 0.0254. The first-order chi connectivity index (χ1) is 11.8. The fourth-order valence-corrected chi connectivity index (χ4v) is 3.36. The molecule has 0 bridgehead atoms. The van der Waals surface area contributed by atoms with Crippen LogP contribution in [0.3, 0.4) is 0 Å². The number of hydrogen-bond donors (Lipinski definition) is 0. The molecule has 0 N–H and O–H groups in total. The Balaban J connectivity index is 2.37. The maximum atomic E-state index is 13.0. The molecule has 126 valence electrons. The SMILES string of the molecule is CC(=O)N(C)c1ccc(Br)c2c1C(=O)c1cccc([N+](=O)[O-])c1C2=O. The van der Waals surface area contributed by atoms with E-state index in [1.165, 1.54) is 37.1 Å². The molecule has 3 rings (SSSR count). The molecule has 0 fully saturated rings. The molecular weight excluding hydrogens is 392 g/mol. The van der Waals surface area contributed by atoms with E-state index in [0.29, 0.717) is 4.47 Å². The Morgan fingerprint density at radius 3 is 2.36 bits per heavy atom. The Morgan fingerprint density at radius 1 is 1.08 bits per heavy atom. The molecule has 0 heterocycles. The van der Waals surface area contributed by atoms with Gasteiger partial charge in [0.15, 0.2) is 5.78 Å². The topological polar surface area (TPSA) is 97.6 Å². The Kier molecular flexibility index (Phi) is 4.00. The molecule has 2 aromatic rings. The van der Waals surface area contributed by atoms with Crippen LogP contribution in [-0.4, -0.2) is 29.4 Å². The number of nitrogens with zero attached hydrogens (tertiary/aromatic N) is 2. The number of carbonyl (C=O) groups is 3. The van der Waals surface area contributed by atoms with Gasteiger partial charge in [-0.25, -0.2) is 0 Å². The lowest BCUT2D eigenvalue weighted by molar-refractivity contribution is -0.385. The fraction of sp³-hybridized carbons (Fsp3) is 0.118. The molecule has 1 amide bonds. The minimum atomic E-state index is -0.686. The number of carbonyl (C=O) groups excluding carboxylic acids is 3. The molecule has 7 nitrogen and oxygen atoms in total. The first-order valence-corrected chi connectivity index (χ1v) is 7.98. The first-order valence-electron chi connectivity index (χ1n) is 7.19. The van der Waals surface area contributed by atoms with E-state index in [1.807, 2.05) is 0 Å². The van der Waals surface area contributed by atoms with Crippen LogP contribution in [0.1, 0.15) is 38.8 Å². The van der Waals surface area contributed by atoms with Gasteiger partial charge in [0.25, 0.3) is 5.69 Å². The summed E-state index contributed by atoms with van der Waals surface area (Å²) in [6.45, 7) is 1.34. The summed E-state index contributed by atoms with van der Waals surface area (Å²) >= 11 is 3.24. The molecular formula is C17H11BrN2O5. The molecule has 0 aromatic heterocycles. The van der Waals surface area contributed by atoms with Crippen LogP contribution < -0.4 is 4.90 Å². The van der Waals surface area contributed by atoms with E-state index in [2.05, 4.69) is 15.9 Å². The van der Waals surface area contributed by atoms with Gasteiger partial charge in [-0.1, -0.05) is 22.0 Å². The summed E-state index contributed by atoms with van der Waals surface area (Å²) in [5.74, 6) is -1.46. The molecule has 0 unspecified atom stereocenters. The van der Waals surface area contributed by atoms with Gasteiger partial charge in [-0.15, -0.1) is 0 Å². The highest BCUT2D eigenvalue weighted by Crippen LogP contribution is 2.40. The summed E-state index contributed by atoms with van der Waals surface area (Å²) in [5, 5.41) is 11.3. The Labute approximate surface area is 150 Å². The van der Waals surface area contributed by atoms with Gasteiger partial charge >= 0.3 is 0 Å². The molecule has 2 aromatic carbocycles. The number of benzene rings is 2. The van der Waals surface area contributed by atoms with Crippen molar-refractivity contribution in [2.75, 3.05) is 11.9 Å². The van der Waals surface area contributed by atoms with Crippen molar-refractivity contribution in [3.63, 3.8) is 0 Å². The lowest BCUT2D eigenvalue weighted by Gasteiger charge is -2.25. The summed E-state index contributed by atoms with van der Waals surface area (Å²) in [4.78, 5) is 49.5. The Hall–Kier alpha value is -2.87. The highest BCUT2D eigenvalue weighted by molar-refractivity contribution is 9.10. The fourth-order valence-electron chi connectivity index (χ4n) is 2.85. The van der Waals surface area contributed by atoms with Gasteiger partial charge in [0, 0.05) is 30.1 Å². The average molecular weight is 403 g/mol. The van der Waals surface area contributed by atoms with Crippen LogP contribution in [0.2, 0.25) is 0 Å². The van der Waals surface area contributed by atoms with E-state index in [9.17, 15) is 24.5 Å². The highest BCUT2D eigenvalue weighted by atomic mass is 79.9. The largest absolute Gasteiger partial charge is 0.315 e. The molecule has 8 heteroatoms. The zero-order valence-electron chi connectivity index (χ0n) is 13.2. The maximum absolute atomic E-state index is 13.0. The van der Waals surface area contributed by atoms with Crippen molar-refractivity contribution in [1.29, 1.82) is 0 Å². The third-order valence-electron chi connectivity index (χ3n) is 4.13. The van der Waals surface area contributed by atoms with Crippen molar-refractivity contribution >= 4 is 44.8 Å². The van der Waals surface area contributed by atoms with E-state index >= 15 is 0 Å². The highest BCUT2D eigenvalue weighted by Gasteiger charge is 2.38. The molecule has 0 spiro atoms. The van der Waals surface area contributed by atoms with Crippen LogP contribution in [0.4, 0.5) is 11.4 Å². The van der Waals surface area contributed by atoms with Crippen molar-refractivity contribution in [3.8, 4) is 0 Å². The number of nitro benzene ring substituents is 1. The number of fused-ring (bicyclic) bond motifs is 2. The Bertz CT molecular complexity index is 983. The lowest BCUT2D eigenvalue weighted by atomic mass is 9.82. The van der Waals surface area contributed by atoms with Gasteiger partial charge in [0.05, 0.1) is 21.7 Å². The molecule has 0 saturated carbocycles. The zero-order chi connectivity index (χ0) is 18.5. The number of anilines is 1. The quantitative estimate of drug-likeness (QED) is 0.484. The molecule has 25 heavy (non-hydrogen) atoms. The van der Waals surface area contributed by atoms with Crippen molar-refractivity contribution in [2.45, 2.75) is 6.92 Å². The van der Waals surface area contributed by atoms with Gasteiger partial charge in [0.1, 0.15) is 5.56 Å². The van der Waals surface area contributed by atoms with E-state index in [1.54, 1.807) is 12.1 Å². The molecule has 0 atom stereocenters. The van der Waals surface area contributed by atoms with Crippen molar-refractivity contribution in [3.05, 3.63) is 67.2 Å². The predicted octanol–water partition coefficient (Wildman–Crippen LogP) is 3.12. The Morgan fingerprint density at radius 2 is 1.76 bits per heavy atom. The van der Waals surface area contributed by atoms with E-state index in [-0.39, 0.29) is 33.8 Å². The van der Waals surface area contributed by atoms with Crippen LogP contribution in [-0.2, 0) is 4.79 Å². The van der Waals surface area contributed by atoms with Crippen LogP contribution >= 0.6 is 15.9 Å². The normalized spacial score (nSPS) is 12.4. The maximum Gasteiger partial charge on any atom is 0.281 e. The second-order valence-corrected chi connectivity index (χ2v) is 6.36. The van der Waals surface area contributed by atoms with Gasteiger partial charge in [-0.05, 0) is 18.2 Å². The van der Waals surface area contributed by atoms with Crippen LogP contribution in [0, 0.1) is 10.1 Å². The van der Waals surface area contributed by atoms with Crippen molar-refractivity contribution in [2.24, 2.45) is 0 Å². The predicted molar refractivity (Wildman–Crippen MR) is 93.2 cm³/mol. The summed E-state index contributed by atoms with van der Waals surface area (Å²) in [5.41, 5.74) is -0.321. The van der Waals surface area contributed by atoms with Crippen LogP contribution in [0.25, 0.3) is 0 Å². The number of nitro groups is 1. The number of halogens is 1. The summed E-state index contributed by atoms with van der Waals surface area (Å²) in [6.07, 6.45) is 0. The first kappa shape index (κ1) is 17.0. The lowest BCUT2D eigenvalue weighted by Crippen LogP contribution is -2.29. The van der Waals surface area contributed by atoms with Crippen molar-refractivity contribution in [1.82, 2.24) is 0 Å². The monoisotopic (exact) mass is 402 g/mol. The van der Waals surface area contributed by atoms with Crippen LogP contribution in [0.15, 0.2) is 34.8 Å². The number of ketones is 2. The number of rotatable bonds is 2. The number of hydrogen-bond acceptors (Lipinski definition) is 5. The summed E-state index contributed by atoms with van der Waals surface area (Å²) < 4.78 is 0.338. The second-order valence-electron chi connectivity index (χ2n) is 5.51. The number of amides is 1. The third-order valence-corrected chi connectivity index (χ3v) is 4.79. The minimum Gasteiger partial charge on any atom is -0.315 e. The van der Waals surface area contributed by atoms with E-state index in [4.69, 9.17) is 0 Å². The second kappa shape index (κ2) is 5.89.